The minimum Gasteiger partial charge on any atom is -0.496 e. The first-order valence-electron chi connectivity index (χ1n) is 8.31. The summed E-state index contributed by atoms with van der Waals surface area (Å²) in [4.78, 5) is 17.4. The molecule has 0 spiro atoms. The summed E-state index contributed by atoms with van der Waals surface area (Å²) >= 11 is 1.28. The van der Waals surface area contributed by atoms with Crippen molar-refractivity contribution in [1.82, 2.24) is 10.3 Å². The minimum absolute atomic E-state index is 0.191. The zero-order chi connectivity index (χ0) is 19.2. The van der Waals surface area contributed by atoms with E-state index in [2.05, 4.69) is 10.3 Å². The largest absolute Gasteiger partial charge is 0.496 e. The maximum atomic E-state index is 12.9. The van der Waals surface area contributed by atoms with E-state index in [9.17, 15) is 9.18 Å². The van der Waals surface area contributed by atoms with Crippen LogP contribution in [0.4, 0.5) is 4.39 Å². The van der Waals surface area contributed by atoms with E-state index in [-0.39, 0.29) is 18.3 Å². The molecule has 2 aromatic carbocycles. The van der Waals surface area contributed by atoms with Crippen molar-refractivity contribution in [2.45, 2.75) is 20.1 Å². The van der Waals surface area contributed by atoms with Crippen LogP contribution in [0.1, 0.15) is 25.9 Å². The molecule has 0 radical (unpaired) electrons. The first-order chi connectivity index (χ1) is 13.1. The van der Waals surface area contributed by atoms with E-state index in [1.807, 2.05) is 24.3 Å². The average Bonchev–Trinajstić information content (AvgIpc) is 3.06. The highest BCUT2D eigenvalue weighted by Crippen LogP contribution is 2.21. The van der Waals surface area contributed by atoms with Crippen LogP contribution in [-0.2, 0) is 13.2 Å². The number of amides is 1. The zero-order valence-electron chi connectivity index (χ0n) is 15.0. The Morgan fingerprint density at radius 1 is 1.19 bits per heavy atom. The van der Waals surface area contributed by atoms with E-state index in [0.717, 1.165) is 11.3 Å². The first-order valence-corrected chi connectivity index (χ1v) is 9.13. The third-order valence-electron chi connectivity index (χ3n) is 3.85. The highest BCUT2D eigenvalue weighted by molar-refractivity contribution is 7.13. The van der Waals surface area contributed by atoms with Crippen molar-refractivity contribution in [3.8, 4) is 11.5 Å². The van der Waals surface area contributed by atoms with E-state index >= 15 is 0 Å². The minimum atomic E-state index is -0.318. The van der Waals surface area contributed by atoms with E-state index in [0.29, 0.717) is 27.9 Å². The summed E-state index contributed by atoms with van der Waals surface area (Å²) < 4.78 is 23.8. The summed E-state index contributed by atoms with van der Waals surface area (Å²) in [6.07, 6.45) is 0. The lowest BCUT2D eigenvalue weighted by Gasteiger charge is -2.09. The van der Waals surface area contributed by atoms with Gasteiger partial charge >= 0.3 is 0 Å². The summed E-state index contributed by atoms with van der Waals surface area (Å²) in [6.45, 7) is 2.37. The fourth-order valence-electron chi connectivity index (χ4n) is 2.51. The highest BCUT2D eigenvalue weighted by Gasteiger charge is 2.16. The Balaban J connectivity index is 1.61. The molecule has 0 aliphatic carbocycles. The van der Waals surface area contributed by atoms with Crippen molar-refractivity contribution >= 4 is 17.2 Å². The summed E-state index contributed by atoms with van der Waals surface area (Å²) in [5.41, 5.74) is 1.55. The van der Waals surface area contributed by atoms with Gasteiger partial charge in [0.2, 0.25) is 0 Å². The maximum Gasteiger partial charge on any atom is 0.263 e. The highest BCUT2D eigenvalue weighted by atomic mass is 32.1. The molecule has 0 bridgehead atoms. The number of nitrogens with zero attached hydrogens (tertiary/aromatic N) is 1. The molecule has 1 amide bonds. The number of hydrogen-bond acceptors (Lipinski definition) is 5. The number of halogens is 1. The predicted molar refractivity (Wildman–Crippen MR) is 102 cm³/mol. The second-order valence-electron chi connectivity index (χ2n) is 5.76. The molecule has 5 nitrogen and oxygen atoms in total. The number of carbonyl (C=O) groups excluding carboxylic acids is 1. The molecule has 7 heteroatoms. The van der Waals surface area contributed by atoms with Crippen molar-refractivity contribution in [3.05, 3.63) is 75.5 Å². The summed E-state index contributed by atoms with van der Waals surface area (Å²) in [6, 6.07) is 13.3. The van der Waals surface area contributed by atoms with Crippen molar-refractivity contribution in [3.63, 3.8) is 0 Å². The Morgan fingerprint density at radius 3 is 2.67 bits per heavy atom. The molecule has 1 N–H and O–H groups in total. The van der Waals surface area contributed by atoms with Gasteiger partial charge in [0.15, 0.2) is 0 Å². The van der Waals surface area contributed by atoms with Crippen LogP contribution in [0.3, 0.4) is 0 Å². The number of carbonyl (C=O) groups is 1. The van der Waals surface area contributed by atoms with Crippen LogP contribution in [-0.4, -0.2) is 18.0 Å². The molecule has 27 heavy (non-hydrogen) atoms. The number of ether oxygens (including phenoxy) is 2. The summed E-state index contributed by atoms with van der Waals surface area (Å²) in [5, 5.41) is 3.57. The second-order valence-corrected chi connectivity index (χ2v) is 6.84. The quantitative estimate of drug-likeness (QED) is 0.664. The third-order valence-corrected chi connectivity index (χ3v) is 4.98. The molecule has 3 rings (SSSR count). The van der Waals surface area contributed by atoms with Crippen LogP contribution in [0.15, 0.2) is 48.5 Å². The van der Waals surface area contributed by atoms with Crippen LogP contribution in [0.25, 0.3) is 0 Å². The van der Waals surface area contributed by atoms with Gasteiger partial charge in [0.05, 0.1) is 12.8 Å². The third kappa shape index (κ3) is 4.83. The molecule has 0 aliphatic rings. The number of nitrogens with one attached hydrogen (secondary N) is 1. The lowest BCUT2D eigenvalue weighted by atomic mass is 10.2. The fraction of sp³-hybridized carbons (Fsp3) is 0.200. The maximum absolute atomic E-state index is 12.9. The number of benzene rings is 2. The summed E-state index contributed by atoms with van der Waals surface area (Å²) in [7, 11) is 1.60. The Hall–Kier alpha value is -2.93. The summed E-state index contributed by atoms with van der Waals surface area (Å²) in [5.74, 6) is 0.768. The molecule has 0 aliphatic heterocycles. The smallest absolute Gasteiger partial charge is 0.263 e. The lowest BCUT2D eigenvalue weighted by molar-refractivity contribution is 0.0954. The SMILES string of the molecule is COc1ccccc1CNC(=O)c1sc(COc2ccc(F)cc2)nc1C. The second kappa shape index (κ2) is 8.64. The topological polar surface area (TPSA) is 60.5 Å². The van der Waals surface area contributed by atoms with Crippen LogP contribution in [0, 0.1) is 12.7 Å². The number of aryl methyl sites for hydroxylation is 1. The molecule has 140 valence electrons. The molecule has 3 aromatic rings. The monoisotopic (exact) mass is 386 g/mol. The Bertz CT molecular complexity index is 925. The standard InChI is InChI=1S/C20H19FN2O3S/c1-13-19(20(24)22-11-14-5-3-4-6-17(14)25-2)27-18(23-13)12-26-16-9-7-15(21)8-10-16/h3-10H,11-12H2,1-2H3,(H,22,24). The van der Waals surface area contributed by atoms with Crippen molar-refractivity contribution in [2.75, 3.05) is 7.11 Å². The average molecular weight is 386 g/mol. The molecule has 0 atom stereocenters. The molecule has 0 unspecified atom stereocenters. The van der Waals surface area contributed by atoms with Gasteiger partial charge in [-0.2, -0.15) is 0 Å². The predicted octanol–water partition coefficient (Wildman–Crippen LogP) is 4.11. The van der Waals surface area contributed by atoms with Crippen LogP contribution < -0.4 is 14.8 Å². The zero-order valence-corrected chi connectivity index (χ0v) is 15.8. The van der Waals surface area contributed by atoms with E-state index in [4.69, 9.17) is 9.47 Å². The number of para-hydroxylation sites is 1. The van der Waals surface area contributed by atoms with Gasteiger partial charge in [-0.15, -0.1) is 11.3 Å². The van der Waals surface area contributed by atoms with Crippen LogP contribution >= 0.6 is 11.3 Å². The first kappa shape index (κ1) is 18.8. The number of methoxy groups -OCH3 is 1. The molecular formula is C20H19FN2O3S. The van der Waals surface area contributed by atoms with Gasteiger partial charge in [-0.3, -0.25) is 4.79 Å². The molecule has 0 saturated heterocycles. The van der Waals surface area contributed by atoms with Gasteiger partial charge in [-0.05, 0) is 37.3 Å². The number of hydrogen-bond donors (Lipinski definition) is 1. The number of rotatable bonds is 7. The number of thiazole rings is 1. The Labute approximate surface area is 160 Å². The molecule has 0 fully saturated rings. The number of aromatic nitrogens is 1. The van der Waals surface area contributed by atoms with Gasteiger partial charge in [0.25, 0.3) is 5.91 Å². The fourth-order valence-corrected chi connectivity index (χ4v) is 3.40. The van der Waals surface area contributed by atoms with Crippen molar-refractivity contribution in [2.24, 2.45) is 0 Å². The van der Waals surface area contributed by atoms with Gasteiger partial charge in [0.1, 0.15) is 33.8 Å². The van der Waals surface area contributed by atoms with Crippen LogP contribution in [0.2, 0.25) is 0 Å². The molecule has 1 heterocycles. The van der Waals surface area contributed by atoms with Crippen LogP contribution in [0.5, 0.6) is 11.5 Å². The van der Waals surface area contributed by atoms with E-state index in [1.165, 1.54) is 23.5 Å². The Kier molecular flexibility index (Phi) is 6.03. The van der Waals surface area contributed by atoms with Crippen molar-refractivity contribution in [1.29, 1.82) is 0 Å². The van der Waals surface area contributed by atoms with Gasteiger partial charge in [-0.25, -0.2) is 9.37 Å². The molecule has 0 saturated carbocycles. The van der Waals surface area contributed by atoms with Crippen molar-refractivity contribution < 1.29 is 18.7 Å². The van der Waals surface area contributed by atoms with Gasteiger partial charge < -0.3 is 14.8 Å². The lowest BCUT2D eigenvalue weighted by Crippen LogP contribution is -2.22. The Morgan fingerprint density at radius 2 is 1.93 bits per heavy atom. The van der Waals surface area contributed by atoms with Gasteiger partial charge in [-0.1, -0.05) is 18.2 Å². The molecule has 1 aromatic heterocycles. The van der Waals surface area contributed by atoms with E-state index in [1.54, 1.807) is 26.2 Å². The van der Waals surface area contributed by atoms with E-state index < -0.39 is 0 Å². The normalized spacial score (nSPS) is 10.5. The molecular weight excluding hydrogens is 367 g/mol. The van der Waals surface area contributed by atoms with Gasteiger partial charge in [0, 0.05) is 12.1 Å².